The maximum Gasteiger partial charge on any atom is 0.317 e. The second-order valence-corrected chi connectivity index (χ2v) is 6.09. The first-order valence-corrected chi connectivity index (χ1v) is 7.68. The number of nitrogens with zero attached hydrogens (tertiary/aromatic N) is 1. The van der Waals surface area contributed by atoms with Crippen LogP contribution in [0, 0.1) is 5.92 Å². The highest BCUT2D eigenvalue weighted by Crippen LogP contribution is 2.33. The first-order chi connectivity index (χ1) is 8.70. The van der Waals surface area contributed by atoms with Crippen LogP contribution in [0.2, 0.25) is 0 Å². The van der Waals surface area contributed by atoms with Crippen LogP contribution < -0.4 is 0 Å². The Morgan fingerprint density at radius 3 is 2.11 bits per heavy atom. The predicted molar refractivity (Wildman–Crippen MR) is 72.6 cm³/mol. The van der Waals surface area contributed by atoms with E-state index in [1.54, 1.807) is 0 Å². The Labute approximate surface area is 111 Å². The van der Waals surface area contributed by atoms with E-state index in [2.05, 4.69) is 11.8 Å². The molecular formula is C15H27NO2. The van der Waals surface area contributed by atoms with Crippen LogP contribution in [-0.4, -0.2) is 34.6 Å². The summed E-state index contributed by atoms with van der Waals surface area (Å²) in [5, 5.41) is 9.13. The molecule has 0 aromatic rings. The number of carbonyl (C=O) groups is 1. The fourth-order valence-electron chi connectivity index (χ4n) is 3.83. The second kappa shape index (κ2) is 6.55. The van der Waals surface area contributed by atoms with Crippen molar-refractivity contribution in [2.75, 3.05) is 6.54 Å². The molecule has 1 N–H and O–H groups in total. The van der Waals surface area contributed by atoms with Gasteiger partial charge in [-0.15, -0.1) is 0 Å². The standard InChI is InChI=1S/C15H27NO2/c1-2-12-7-9-14(10-8-12)16(11-15(17)18)13-5-3-4-6-13/h12-14H,2-11H2,1H3,(H,17,18). The van der Waals surface area contributed by atoms with Gasteiger partial charge in [0, 0.05) is 12.1 Å². The van der Waals surface area contributed by atoms with Gasteiger partial charge >= 0.3 is 5.97 Å². The minimum absolute atomic E-state index is 0.256. The lowest BCUT2D eigenvalue weighted by Crippen LogP contribution is -2.46. The third-order valence-corrected chi connectivity index (χ3v) is 4.97. The maximum absolute atomic E-state index is 11.1. The molecule has 0 aromatic carbocycles. The van der Waals surface area contributed by atoms with Gasteiger partial charge in [0.25, 0.3) is 0 Å². The molecule has 0 atom stereocenters. The van der Waals surface area contributed by atoms with Gasteiger partial charge in [0.05, 0.1) is 6.54 Å². The van der Waals surface area contributed by atoms with E-state index in [0.29, 0.717) is 12.1 Å². The first kappa shape index (κ1) is 13.9. The van der Waals surface area contributed by atoms with Crippen molar-refractivity contribution in [3.05, 3.63) is 0 Å². The van der Waals surface area contributed by atoms with Crippen LogP contribution in [0.15, 0.2) is 0 Å². The lowest BCUT2D eigenvalue weighted by molar-refractivity contribution is -0.140. The van der Waals surface area contributed by atoms with E-state index in [1.807, 2.05) is 0 Å². The highest BCUT2D eigenvalue weighted by molar-refractivity contribution is 5.69. The molecule has 0 saturated heterocycles. The largest absolute Gasteiger partial charge is 0.480 e. The Morgan fingerprint density at radius 1 is 1.06 bits per heavy atom. The molecule has 2 rings (SSSR count). The van der Waals surface area contributed by atoms with E-state index in [0.717, 1.165) is 5.92 Å². The van der Waals surface area contributed by atoms with Crippen molar-refractivity contribution in [2.45, 2.75) is 76.8 Å². The summed E-state index contributed by atoms with van der Waals surface area (Å²) in [6, 6.07) is 1.08. The molecule has 0 radical (unpaired) electrons. The van der Waals surface area contributed by atoms with Gasteiger partial charge in [-0.2, -0.15) is 0 Å². The highest BCUT2D eigenvalue weighted by atomic mass is 16.4. The Morgan fingerprint density at radius 2 is 1.61 bits per heavy atom. The van der Waals surface area contributed by atoms with Gasteiger partial charge in [-0.05, 0) is 44.4 Å². The Bertz CT molecular complexity index is 266. The van der Waals surface area contributed by atoms with Gasteiger partial charge in [-0.25, -0.2) is 0 Å². The Balaban J connectivity index is 1.93. The fourth-order valence-corrected chi connectivity index (χ4v) is 3.83. The highest BCUT2D eigenvalue weighted by Gasteiger charge is 2.32. The first-order valence-electron chi connectivity index (χ1n) is 7.68. The minimum Gasteiger partial charge on any atom is -0.480 e. The van der Waals surface area contributed by atoms with Crippen molar-refractivity contribution < 1.29 is 9.90 Å². The summed E-state index contributed by atoms with van der Waals surface area (Å²) in [5.74, 6) is 0.232. The van der Waals surface area contributed by atoms with Crippen LogP contribution >= 0.6 is 0 Å². The summed E-state index contributed by atoms with van der Waals surface area (Å²) in [5.41, 5.74) is 0. The lowest BCUT2D eigenvalue weighted by Gasteiger charge is -2.39. The third kappa shape index (κ3) is 3.47. The fraction of sp³-hybridized carbons (Fsp3) is 0.933. The predicted octanol–water partition coefficient (Wildman–Crippen LogP) is 3.28. The van der Waals surface area contributed by atoms with Crippen LogP contribution in [0.5, 0.6) is 0 Å². The van der Waals surface area contributed by atoms with Crippen LogP contribution in [-0.2, 0) is 4.79 Å². The van der Waals surface area contributed by atoms with Gasteiger partial charge in [0.15, 0.2) is 0 Å². The molecule has 0 spiro atoms. The molecule has 3 nitrogen and oxygen atoms in total. The molecular weight excluding hydrogens is 226 g/mol. The maximum atomic E-state index is 11.1. The molecule has 104 valence electrons. The molecule has 0 unspecified atom stereocenters. The van der Waals surface area contributed by atoms with E-state index in [-0.39, 0.29) is 6.54 Å². The normalized spacial score (nSPS) is 29.9. The van der Waals surface area contributed by atoms with Crippen molar-refractivity contribution in [2.24, 2.45) is 5.92 Å². The third-order valence-electron chi connectivity index (χ3n) is 4.97. The van der Waals surface area contributed by atoms with Crippen molar-refractivity contribution >= 4 is 5.97 Å². The molecule has 3 heteroatoms. The van der Waals surface area contributed by atoms with Gasteiger partial charge in [-0.1, -0.05) is 26.2 Å². The SMILES string of the molecule is CCC1CCC(N(CC(=O)O)C2CCCC2)CC1. The molecule has 0 bridgehead atoms. The summed E-state index contributed by atoms with van der Waals surface area (Å²) in [6.45, 7) is 2.53. The second-order valence-electron chi connectivity index (χ2n) is 6.09. The van der Waals surface area contributed by atoms with E-state index >= 15 is 0 Å². The molecule has 2 aliphatic rings. The van der Waals surface area contributed by atoms with Crippen LogP contribution in [0.3, 0.4) is 0 Å². The van der Waals surface area contributed by atoms with Gasteiger partial charge in [0.2, 0.25) is 0 Å². The number of hydrogen-bond donors (Lipinski definition) is 1. The molecule has 0 amide bonds. The quantitative estimate of drug-likeness (QED) is 0.817. The van der Waals surface area contributed by atoms with Crippen molar-refractivity contribution in [3.63, 3.8) is 0 Å². The molecule has 2 saturated carbocycles. The van der Waals surface area contributed by atoms with Crippen molar-refractivity contribution in [1.29, 1.82) is 0 Å². The summed E-state index contributed by atoms with van der Waals surface area (Å²) in [4.78, 5) is 13.4. The molecule has 0 aromatic heterocycles. The van der Waals surface area contributed by atoms with E-state index in [1.165, 1.54) is 57.8 Å². The van der Waals surface area contributed by atoms with Crippen LogP contribution in [0.1, 0.15) is 64.7 Å². The molecule has 18 heavy (non-hydrogen) atoms. The molecule has 2 fully saturated rings. The summed E-state index contributed by atoms with van der Waals surface area (Å²) in [6.07, 6.45) is 11.3. The molecule has 2 aliphatic carbocycles. The van der Waals surface area contributed by atoms with E-state index in [4.69, 9.17) is 5.11 Å². The number of rotatable bonds is 5. The molecule has 0 heterocycles. The number of aliphatic carboxylic acids is 1. The van der Waals surface area contributed by atoms with Crippen LogP contribution in [0.25, 0.3) is 0 Å². The zero-order valence-corrected chi connectivity index (χ0v) is 11.6. The van der Waals surface area contributed by atoms with Gasteiger partial charge < -0.3 is 5.11 Å². The van der Waals surface area contributed by atoms with Crippen molar-refractivity contribution in [1.82, 2.24) is 4.90 Å². The van der Waals surface area contributed by atoms with Gasteiger partial charge in [0.1, 0.15) is 0 Å². The summed E-state index contributed by atoms with van der Waals surface area (Å²) in [7, 11) is 0. The topological polar surface area (TPSA) is 40.5 Å². The van der Waals surface area contributed by atoms with E-state index < -0.39 is 5.97 Å². The average molecular weight is 253 g/mol. The van der Waals surface area contributed by atoms with E-state index in [9.17, 15) is 4.79 Å². The lowest BCUT2D eigenvalue weighted by atomic mass is 9.83. The van der Waals surface area contributed by atoms with Crippen molar-refractivity contribution in [3.8, 4) is 0 Å². The summed E-state index contributed by atoms with van der Waals surface area (Å²) >= 11 is 0. The number of carboxylic acids is 1. The smallest absolute Gasteiger partial charge is 0.317 e. The zero-order valence-electron chi connectivity index (χ0n) is 11.6. The Hall–Kier alpha value is -0.570. The zero-order chi connectivity index (χ0) is 13.0. The number of carboxylic acid groups (broad SMARTS) is 1. The van der Waals surface area contributed by atoms with Crippen LogP contribution in [0.4, 0.5) is 0 Å². The minimum atomic E-state index is -0.653. The monoisotopic (exact) mass is 253 g/mol. The average Bonchev–Trinajstić information content (AvgIpc) is 2.89. The number of hydrogen-bond acceptors (Lipinski definition) is 2. The molecule has 0 aliphatic heterocycles. The Kier molecular flexibility index (Phi) is 5.04. The summed E-state index contributed by atoms with van der Waals surface area (Å²) < 4.78 is 0. The van der Waals surface area contributed by atoms with Gasteiger partial charge in [-0.3, -0.25) is 9.69 Å².